The summed E-state index contributed by atoms with van der Waals surface area (Å²) in [4.78, 5) is 24.2. The molecule has 0 aliphatic carbocycles. The van der Waals surface area contributed by atoms with Gasteiger partial charge in [0, 0.05) is 5.69 Å². The van der Waals surface area contributed by atoms with E-state index in [0.29, 0.717) is 0 Å². The molecule has 0 N–H and O–H groups in total. The molecule has 2 rings (SSSR count). The number of benzene rings is 1. The second-order valence-electron chi connectivity index (χ2n) is 4.11. The number of amides is 1. The Kier molecular flexibility index (Phi) is 3.04. The van der Waals surface area contributed by atoms with Gasteiger partial charge in [0.1, 0.15) is 0 Å². The van der Waals surface area contributed by atoms with Crippen molar-refractivity contribution in [3.05, 3.63) is 29.8 Å². The average Bonchev–Trinajstić information content (AvgIpc) is 2.59. The number of nitrogens with zero attached hydrogens (tertiary/aromatic N) is 1. The fourth-order valence-corrected chi connectivity index (χ4v) is 1.95. The summed E-state index contributed by atoms with van der Waals surface area (Å²) in [5.41, 5.74) is 2.10. The van der Waals surface area contributed by atoms with E-state index >= 15 is 0 Å². The van der Waals surface area contributed by atoms with Gasteiger partial charge in [0.2, 0.25) is 5.91 Å². The lowest BCUT2D eigenvalue weighted by Crippen LogP contribution is -2.24. The zero-order chi connectivity index (χ0) is 11.5. The fourth-order valence-electron chi connectivity index (χ4n) is 1.95. The second kappa shape index (κ2) is 4.47. The van der Waals surface area contributed by atoms with Gasteiger partial charge in [-0.1, -0.05) is 25.5 Å². The average molecular weight is 217 g/mol. The van der Waals surface area contributed by atoms with Crippen molar-refractivity contribution < 1.29 is 9.59 Å². The first-order valence-electron chi connectivity index (χ1n) is 5.61. The van der Waals surface area contributed by atoms with Crippen molar-refractivity contribution in [3.63, 3.8) is 0 Å². The monoisotopic (exact) mass is 217 g/mol. The quantitative estimate of drug-likeness (QED) is 0.726. The number of anilines is 1. The molecular formula is C13H15NO2. The van der Waals surface area contributed by atoms with Crippen LogP contribution >= 0.6 is 0 Å². The number of rotatable bonds is 3. The number of carbonyl (C=O) groups is 2. The highest BCUT2D eigenvalue weighted by Gasteiger charge is 2.28. The van der Waals surface area contributed by atoms with Crippen LogP contribution in [0, 0.1) is 0 Å². The molecule has 16 heavy (non-hydrogen) atoms. The number of hydrogen-bond donors (Lipinski definition) is 0. The highest BCUT2D eigenvalue weighted by atomic mass is 16.2. The van der Waals surface area contributed by atoms with E-state index in [-0.39, 0.29) is 24.7 Å². The number of aryl methyl sites for hydroxylation is 1. The van der Waals surface area contributed by atoms with E-state index in [2.05, 4.69) is 6.92 Å². The van der Waals surface area contributed by atoms with Gasteiger partial charge in [0.15, 0.2) is 5.78 Å². The Labute approximate surface area is 95.1 Å². The van der Waals surface area contributed by atoms with Crippen LogP contribution in [0.5, 0.6) is 0 Å². The van der Waals surface area contributed by atoms with Gasteiger partial charge in [0.05, 0.1) is 13.0 Å². The Morgan fingerprint density at radius 1 is 1.19 bits per heavy atom. The fraction of sp³-hybridized carbons (Fsp3) is 0.385. The number of hydrogen-bond acceptors (Lipinski definition) is 2. The van der Waals surface area contributed by atoms with Crippen molar-refractivity contribution in [2.75, 3.05) is 11.4 Å². The van der Waals surface area contributed by atoms with Crippen molar-refractivity contribution >= 4 is 17.4 Å². The van der Waals surface area contributed by atoms with Gasteiger partial charge in [-0.25, -0.2) is 0 Å². The highest BCUT2D eigenvalue weighted by Crippen LogP contribution is 2.20. The molecule has 1 aliphatic rings. The molecule has 0 aromatic heterocycles. The maximum absolute atomic E-state index is 11.5. The van der Waals surface area contributed by atoms with E-state index < -0.39 is 0 Å². The third-order valence-electron chi connectivity index (χ3n) is 2.77. The minimum Gasteiger partial charge on any atom is -0.305 e. The van der Waals surface area contributed by atoms with Crippen LogP contribution < -0.4 is 4.90 Å². The van der Waals surface area contributed by atoms with Crippen LogP contribution in [0.3, 0.4) is 0 Å². The molecule has 0 radical (unpaired) electrons. The molecule has 1 aromatic rings. The van der Waals surface area contributed by atoms with E-state index in [1.807, 2.05) is 24.3 Å². The van der Waals surface area contributed by atoms with Crippen LogP contribution in [0.15, 0.2) is 24.3 Å². The Morgan fingerprint density at radius 2 is 1.88 bits per heavy atom. The first kappa shape index (κ1) is 10.9. The van der Waals surface area contributed by atoms with Crippen LogP contribution in [0.1, 0.15) is 25.3 Å². The lowest BCUT2D eigenvalue weighted by Gasteiger charge is -2.14. The summed E-state index contributed by atoms with van der Waals surface area (Å²) in [5.74, 6) is -0.0872. The Hall–Kier alpha value is -1.64. The topological polar surface area (TPSA) is 37.4 Å². The van der Waals surface area contributed by atoms with Gasteiger partial charge >= 0.3 is 0 Å². The van der Waals surface area contributed by atoms with Crippen molar-refractivity contribution in [1.82, 2.24) is 0 Å². The predicted octanol–water partition coefficient (Wildman–Crippen LogP) is 1.94. The summed E-state index contributed by atoms with van der Waals surface area (Å²) in [6, 6.07) is 7.88. The van der Waals surface area contributed by atoms with E-state index in [4.69, 9.17) is 0 Å². The molecule has 1 saturated heterocycles. The molecule has 84 valence electrons. The van der Waals surface area contributed by atoms with Crippen LogP contribution in [-0.4, -0.2) is 18.2 Å². The number of ketones is 1. The molecule has 0 saturated carbocycles. The van der Waals surface area contributed by atoms with Crippen molar-refractivity contribution in [2.45, 2.75) is 26.2 Å². The highest BCUT2D eigenvalue weighted by molar-refractivity contribution is 6.14. The van der Waals surface area contributed by atoms with E-state index in [1.165, 1.54) is 5.56 Å². The number of carbonyl (C=O) groups excluding carboxylic acids is 2. The molecule has 3 heteroatoms. The van der Waals surface area contributed by atoms with Crippen molar-refractivity contribution in [1.29, 1.82) is 0 Å². The van der Waals surface area contributed by atoms with Crippen molar-refractivity contribution in [3.8, 4) is 0 Å². The second-order valence-corrected chi connectivity index (χ2v) is 4.11. The molecule has 1 aliphatic heterocycles. The largest absolute Gasteiger partial charge is 0.305 e. The van der Waals surface area contributed by atoms with Gasteiger partial charge in [-0.15, -0.1) is 0 Å². The lowest BCUT2D eigenvalue weighted by atomic mass is 10.1. The molecule has 3 nitrogen and oxygen atoms in total. The zero-order valence-electron chi connectivity index (χ0n) is 9.40. The lowest BCUT2D eigenvalue weighted by molar-refractivity contribution is -0.121. The van der Waals surface area contributed by atoms with Crippen LogP contribution in [0.2, 0.25) is 0 Å². The molecule has 1 heterocycles. The van der Waals surface area contributed by atoms with Crippen molar-refractivity contribution in [2.24, 2.45) is 0 Å². The normalized spacial score (nSPS) is 15.9. The smallest absolute Gasteiger partial charge is 0.234 e. The summed E-state index contributed by atoms with van der Waals surface area (Å²) in [6.07, 6.45) is 2.21. The van der Waals surface area contributed by atoms with Gasteiger partial charge in [-0.2, -0.15) is 0 Å². The standard InChI is InChI=1S/C13H15NO2/c1-2-3-10-4-6-11(7-5-10)14-9-12(15)8-13(14)16/h4-7H,2-3,8-9H2,1H3. The van der Waals surface area contributed by atoms with Gasteiger partial charge in [0.25, 0.3) is 0 Å². The molecule has 1 amide bonds. The summed E-state index contributed by atoms with van der Waals surface area (Å²) in [6.45, 7) is 2.36. The summed E-state index contributed by atoms with van der Waals surface area (Å²) in [7, 11) is 0. The molecular weight excluding hydrogens is 202 g/mol. The summed E-state index contributed by atoms with van der Waals surface area (Å²) < 4.78 is 0. The first-order chi connectivity index (χ1) is 7.70. The van der Waals surface area contributed by atoms with Crippen LogP contribution in [0.4, 0.5) is 5.69 Å². The molecule has 0 atom stereocenters. The molecule has 0 bridgehead atoms. The SMILES string of the molecule is CCCc1ccc(N2CC(=O)CC2=O)cc1. The summed E-state index contributed by atoms with van der Waals surface area (Å²) >= 11 is 0. The molecule has 0 spiro atoms. The molecule has 1 aromatic carbocycles. The minimum absolute atomic E-state index is 0.00244. The Bertz CT molecular complexity index is 408. The van der Waals surface area contributed by atoms with E-state index in [1.54, 1.807) is 4.90 Å². The van der Waals surface area contributed by atoms with Crippen LogP contribution in [-0.2, 0) is 16.0 Å². The van der Waals surface area contributed by atoms with E-state index in [9.17, 15) is 9.59 Å². The number of Topliss-reactive ketones (excluding diaryl/α,β-unsaturated/α-hetero) is 1. The molecule has 1 fully saturated rings. The maximum atomic E-state index is 11.5. The minimum atomic E-state index is -0.0896. The van der Waals surface area contributed by atoms with Gasteiger partial charge in [-0.3, -0.25) is 9.59 Å². The van der Waals surface area contributed by atoms with Crippen LogP contribution in [0.25, 0.3) is 0 Å². The third-order valence-corrected chi connectivity index (χ3v) is 2.77. The maximum Gasteiger partial charge on any atom is 0.234 e. The Morgan fingerprint density at radius 3 is 2.38 bits per heavy atom. The zero-order valence-corrected chi connectivity index (χ0v) is 9.40. The Balaban J connectivity index is 2.15. The predicted molar refractivity (Wildman–Crippen MR) is 62.4 cm³/mol. The molecule has 0 unspecified atom stereocenters. The first-order valence-corrected chi connectivity index (χ1v) is 5.61. The van der Waals surface area contributed by atoms with E-state index in [0.717, 1.165) is 18.5 Å². The summed E-state index contributed by atoms with van der Waals surface area (Å²) in [5, 5.41) is 0. The van der Waals surface area contributed by atoms with Gasteiger partial charge in [-0.05, 0) is 24.1 Å². The van der Waals surface area contributed by atoms with Gasteiger partial charge < -0.3 is 4.90 Å². The third kappa shape index (κ3) is 2.13.